The molecule has 1 atom stereocenters. The van der Waals surface area contributed by atoms with Gasteiger partial charge in [-0.25, -0.2) is 0 Å². The van der Waals surface area contributed by atoms with E-state index in [-0.39, 0.29) is 6.04 Å². The summed E-state index contributed by atoms with van der Waals surface area (Å²) in [6.07, 6.45) is 3.56. The van der Waals surface area contributed by atoms with E-state index in [1.165, 1.54) is 0 Å². The number of nitrogens with zero attached hydrogens (tertiary/aromatic N) is 2. The molecule has 0 saturated carbocycles. The molecule has 1 unspecified atom stereocenters. The van der Waals surface area contributed by atoms with Gasteiger partial charge < -0.3 is 5.73 Å². The van der Waals surface area contributed by atoms with Gasteiger partial charge in [0.1, 0.15) is 0 Å². The third-order valence-corrected chi connectivity index (χ3v) is 3.26. The van der Waals surface area contributed by atoms with Gasteiger partial charge in [-0.1, -0.05) is 18.2 Å². The van der Waals surface area contributed by atoms with Crippen LogP contribution in [-0.2, 0) is 0 Å². The highest BCUT2D eigenvalue weighted by molar-refractivity contribution is 5.79. The van der Waals surface area contributed by atoms with Crippen LogP contribution in [0.2, 0.25) is 0 Å². The summed E-state index contributed by atoms with van der Waals surface area (Å²) in [7, 11) is 0. The number of hydrogen-bond donors (Lipinski definition) is 1. The molecule has 0 aliphatic carbocycles. The Kier molecular flexibility index (Phi) is 2.97. The van der Waals surface area contributed by atoms with E-state index in [0.717, 1.165) is 27.7 Å². The first kappa shape index (κ1) is 11.8. The Morgan fingerprint density at radius 3 is 2.74 bits per heavy atom. The van der Waals surface area contributed by atoms with Crippen LogP contribution in [0.5, 0.6) is 0 Å². The molecule has 0 amide bonds. The van der Waals surface area contributed by atoms with Gasteiger partial charge in [0.25, 0.3) is 0 Å². The van der Waals surface area contributed by atoms with Crippen molar-refractivity contribution in [3.63, 3.8) is 0 Å². The van der Waals surface area contributed by atoms with Gasteiger partial charge in [0.2, 0.25) is 0 Å². The fourth-order valence-electron chi connectivity index (χ4n) is 2.19. The van der Waals surface area contributed by atoms with Crippen LogP contribution in [0.4, 0.5) is 0 Å². The van der Waals surface area contributed by atoms with E-state index in [9.17, 15) is 0 Å². The number of benzene rings is 1. The first-order chi connectivity index (χ1) is 9.24. The molecular formula is C16H15N3. The third kappa shape index (κ3) is 2.33. The van der Waals surface area contributed by atoms with Crippen LogP contribution in [0.1, 0.15) is 22.9 Å². The molecule has 0 radical (unpaired) electrons. The highest BCUT2D eigenvalue weighted by atomic mass is 14.7. The van der Waals surface area contributed by atoms with Gasteiger partial charge in [0, 0.05) is 23.5 Å². The number of pyridine rings is 2. The molecule has 0 aliphatic heterocycles. The lowest BCUT2D eigenvalue weighted by Gasteiger charge is -2.12. The van der Waals surface area contributed by atoms with Crippen molar-refractivity contribution in [3.05, 3.63) is 71.7 Å². The summed E-state index contributed by atoms with van der Waals surface area (Å²) in [5.41, 5.74) is 10.4. The van der Waals surface area contributed by atoms with E-state index in [1.54, 1.807) is 6.20 Å². The SMILES string of the molecule is Cc1ccc2cc(C(N)c3cccnc3)ccc2n1. The van der Waals surface area contributed by atoms with Gasteiger partial charge in [-0.05, 0) is 42.3 Å². The van der Waals surface area contributed by atoms with Crippen LogP contribution in [0.15, 0.2) is 54.9 Å². The number of nitrogens with two attached hydrogens (primary N) is 1. The van der Waals surface area contributed by atoms with Crippen LogP contribution in [0.3, 0.4) is 0 Å². The third-order valence-electron chi connectivity index (χ3n) is 3.26. The van der Waals surface area contributed by atoms with Crippen molar-refractivity contribution in [3.8, 4) is 0 Å². The summed E-state index contributed by atoms with van der Waals surface area (Å²) in [5, 5.41) is 1.11. The molecule has 0 bridgehead atoms. The molecule has 2 aromatic heterocycles. The van der Waals surface area contributed by atoms with Gasteiger partial charge in [-0.3, -0.25) is 9.97 Å². The Morgan fingerprint density at radius 1 is 1.05 bits per heavy atom. The Hall–Kier alpha value is -2.26. The van der Waals surface area contributed by atoms with E-state index in [4.69, 9.17) is 5.73 Å². The van der Waals surface area contributed by atoms with Crippen molar-refractivity contribution in [1.82, 2.24) is 9.97 Å². The van der Waals surface area contributed by atoms with E-state index in [0.29, 0.717) is 0 Å². The highest BCUT2D eigenvalue weighted by Gasteiger charge is 2.09. The highest BCUT2D eigenvalue weighted by Crippen LogP contribution is 2.22. The Labute approximate surface area is 112 Å². The normalized spacial score (nSPS) is 12.5. The van der Waals surface area contributed by atoms with E-state index < -0.39 is 0 Å². The fraction of sp³-hybridized carbons (Fsp3) is 0.125. The summed E-state index contributed by atoms with van der Waals surface area (Å²) in [4.78, 5) is 8.61. The topological polar surface area (TPSA) is 51.8 Å². The average molecular weight is 249 g/mol. The summed E-state index contributed by atoms with van der Waals surface area (Å²) in [6.45, 7) is 1.99. The predicted octanol–water partition coefficient (Wildman–Crippen LogP) is 2.99. The van der Waals surface area contributed by atoms with Crippen LogP contribution in [-0.4, -0.2) is 9.97 Å². The summed E-state index contributed by atoms with van der Waals surface area (Å²) in [6, 6.07) is 14.0. The predicted molar refractivity (Wildman–Crippen MR) is 76.7 cm³/mol. The monoisotopic (exact) mass is 249 g/mol. The molecule has 0 aliphatic rings. The van der Waals surface area contributed by atoms with Gasteiger partial charge in [0.05, 0.1) is 11.6 Å². The standard InChI is InChI=1S/C16H15N3/c1-11-4-5-12-9-13(6-7-15(12)19-11)16(17)14-3-2-8-18-10-14/h2-10,16H,17H2,1H3. The minimum Gasteiger partial charge on any atom is -0.320 e. The maximum absolute atomic E-state index is 6.28. The molecule has 2 heterocycles. The maximum atomic E-state index is 6.28. The van der Waals surface area contributed by atoms with Crippen LogP contribution in [0, 0.1) is 6.92 Å². The van der Waals surface area contributed by atoms with E-state index in [2.05, 4.69) is 22.1 Å². The van der Waals surface area contributed by atoms with Crippen molar-refractivity contribution in [2.24, 2.45) is 5.73 Å². The molecule has 0 fully saturated rings. The fourth-order valence-corrected chi connectivity index (χ4v) is 2.19. The zero-order valence-corrected chi connectivity index (χ0v) is 10.7. The number of rotatable bonds is 2. The molecule has 1 aromatic carbocycles. The van der Waals surface area contributed by atoms with Gasteiger partial charge >= 0.3 is 0 Å². The summed E-state index contributed by atoms with van der Waals surface area (Å²) in [5.74, 6) is 0. The van der Waals surface area contributed by atoms with Crippen molar-refractivity contribution in [2.45, 2.75) is 13.0 Å². The number of aryl methyl sites for hydroxylation is 1. The molecule has 3 aromatic rings. The van der Waals surface area contributed by atoms with Crippen LogP contribution >= 0.6 is 0 Å². The second kappa shape index (κ2) is 4.78. The van der Waals surface area contributed by atoms with Crippen molar-refractivity contribution < 1.29 is 0 Å². The Morgan fingerprint density at radius 2 is 1.95 bits per heavy atom. The lowest BCUT2D eigenvalue weighted by molar-refractivity contribution is 0.865. The van der Waals surface area contributed by atoms with E-state index >= 15 is 0 Å². The lowest BCUT2D eigenvalue weighted by Crippen LogP contribution is -2.11. The molecule has 3 rings (SSSR count). The minimum absolute atomic E-state index is 0.153. The lowest BCUT2D eigenvalue weighted by atomic mass is 9.99. The second-order valence-corrected chi connectivity index (χ2v) is 4.67. The van der Waals surface area contributed by atoms with Crippen LogP contribution in [0.25, 0.3) is 10.9 Å². The Bertz CT molecular complexity index is 708. The van der Waals surface area contributed by atoms with E-state index in [1.807, 2.05) is 43.5 Å². The first-order valence-corrected chi connectivity index (χ1v) is 6.27. The number of hydrogen-bond acceptors (Lipinski definition) is 3. The Balaban J connectivity index is 2.04. The smallest absolute Gasteiger partial charge is 0.0705 e. The molecule has 3 heteroatoms. The van der Waals surface area contributed by atoms with Crippen LogP contribution < -0.4 is 5.73 Å². The van der Waals surface area contributed by atoms with Gasteiger partial charge in [0.15, 0.2) is 0 Å². The zero-order valence-electron chi connectivity index (χ0n) is 10.7. The number of fused-ring (bicyclic) bond motifs is 1. The molecule has 2 N–H and O–H groups in total. The van der Waals surface area contributed by atoms with Crippen molar-refractivity contribution in [1.29, 1.82) is 0 Å². The summed E-state index contributed by atoms with van der Waals surface area (Å²) < 4.78 is 0. The quantitative estimate of drug-likeness (QED) is 0.759. The molecule has 3 nitrogen and oxygen atoms in total. The molecule has 0 spiro atoms. The number of aromatic nitrogens is 2. The first-order valence-electron chi connectivity index (χ1n) is 6.27. The molecule has 94 valence electrons. The second-order valence-electron chi connectivity index (χ2n) is 4.67. The minimum atomic E-state index is -0.153. The maximum Gasteiger partial charge on any atom is 0.0705 e. The van der Waals surface area contributed by atoms with Gasteiger partial charge in [-0.15, -0.1) is 0 Å². The van der Waals surface area contributed by atoms with Crippen molar-refractivity contribution in [2.75, 3.05) is 0 Å². The molecule has 19 heavy (non-hydrogen) atoms. The van der Waals surface area contributed by atoms with Gasteiger partial charge in [-0.2, -0.15) is 0 Å². The molecular weight excluding hydrogens is 234 g/mol. The van der Waals surface area contributed by atoms with Crippen molar-refractivity contribution >= 4 is 10.9 Å². The largest absolute Gasteiger partial charge is 0.320 e. The molecule has 0 saturated heterocycles. The average Bonchev–Trinajstić information content (AvgIpc) is 2.47. The summed E-state index contributed by atoms with van der Waals surface area (Å²) >= 11 is 0. The zero-order chi connectivity index (χ0) is 13.2.